The second-order valence-corrected chi connectivity index (χ2v) is 6.48. The number of hydrogen-bond acceptors (Lipinski definition) is 3. The van der Waals surface area contributed by atoms with Crippen LogP contribution in [-0.4, -0.2) is 13.0 Å². The van der Waals surface area contributed by atoms with Gasteiger partial charge in [0.15, 0.2) is 0 Å². The van der Waals surface area contributed by atoms with E-state index < -0.39 is 0 Å². The molecular formula is C13H12INO2S. The largest absolute Gasteiger partial charge is 0.497 e. The number of benzene rings is 1. The molecule has 1 aromatic heterocycles. The molecule has 0 unspecified atom stereocenters. The van der Waals surface area contributed by atoms with Gasteiger partial charge in [-0.15, -0.1) is 11.3 Å². The van der Waals surface area contributed by atoms with Gasteiger partial charge in [0.2, 0.25) is 0 Å². The molecule has 2 aromatic rings. The molecule has 94 valence electrons. The van der Waals surface area contributed by atoms with Crippen molar-refractivity contribution in [2.24, 2.45) is 0 Å². The summed E-state index contributed by atoms with van der Waals surface area (Å²) in [5, 5.41) is 4.75. The molecule has 0 aliphatic carbocycles. The second-order valence-electron chi connectivity index (χ2n) is 3.67. The fraction of sp³-hybridized carbons (Fsp3) is 0.154. The first-order valence-electron chi connectivity index (χ1n) is 5.34. The van der Waals surface area contributed by atoms with Crippen LogP contribution in [0.4, 0.5) is 0 Å². The molecule has 3 nitrogen and oxygen atoms in total. The van der Waals surface area contributed by atoms with E-state index in [4.69, 9.17) is 4.74 Å². The van der Waals surface area contributed by atoms with E-state index in [2.05, 4.69) is 27.9 Å². The lowest BCUT2D eigenvalue weighted by atomic mass is 10.2. The van der Waals surface area contributed by atoms with Crippen LogP contribution in [0.2, 0.25) is 0 Å². The summed E-state index contributed by atoms with van der Waals surface area (Å²) in [6.07, 6.45) is 0. The molecule has 0 saturated heterocycles. The Bertz CT molecular complexity index is 553. The Morgan fingerprint density at radius 2 is 2.28 bits per heavy atom. The molecule has 1 aromatic carbocycles. The molecule has 0 aliphatic heterocycles. The highest BCUT2D eigenvalue weighted by Gasteiger charge is 2.07. The minimum atomic E-state index is -0.0445. The van der Waals surface area contributed by atoms with Crippen molar-refractivity contribution in [3.63, 3.8) is 0 Å². The Morgan fingerprint density at radius 1 is 1.44 bits per heavy atom. The summed E-state index contributed by atoms with van der Waals surface area (Å²) < 4.78 is 6.25. The van der Waals surface area contributed by atoms with Crippen molar-refractivity contribution >= 4 is 39.8 Å². The highest BCUT2D eigenvalue weighted by molar-refractivity contribution is 14.1. The molecule has 0 bridgehead atoms. The fourth-order valence-corrected chi connectivity index (χ4v) is 2.82. The number of ether oxygens (including phenoxy) is 1. The van der Waals surface area contributed by atoms with Gasteiger partial charge in [-0.1, -0.05) is 12.1 Å². The van der Waals surface area contributed by atoms with E-state index in [0.29, 0.717) is 12.1 Å². The normalized spacial score (nSPS) is 10.1. The Hall–Kier alpha value is -1.08. The molecule has 0 aliphatic rings. The first-order valence-corrected chi connectivity index (χ1v) is 7.30. The average Bonchev–Trinajstić information content (AvgIpc) is 2.83. The number of halogens is 1. The zero-order chi connectivity index (χ0) is 13.0. The summed E-state index contributed by atoms with van der Waals surface area (Å²) in [6.45, 7) is 0.502. The van der Waals surface area contributed by atoms with Crippen LogP contribution in [0.3, 0.4) is 0 Å². The zero-order valence-electron chi connectivity index (χ0n) is 9.77. The summed E-state index contributed by atoms with van der Waals surface area (Å²) in [4.78, 5) is 11.8. The summed E-state index contributed by atoms with van der Waals surface area (Å²) in [5.41, 5.74) is 1.74. The molecule has 2 rings (SSSR count). The van der Waals surface area contributed by atoms with Crippen LogP contribution in [0.5, 0.6) is 5.75 Å². The van der Waals surface area contributed by atoms with Gasteiger partial charge in [0.1, 0.15) is 5.75 Å². The van der Waals surface area contributed by atoms with E-state index in [1.165, 1.54) is 0 Å². The maximum atomic E-state index is 11.8. The number of carbonyl (C=O) groups is 1. The molecule has 5 heteroatoms. The van der Waals surface area contributed by atoms with Gasteiger partial charge in [0.05, 0.1) is 15.6 Å². The number of hydrogen-bond donors (Lipinski definition) is 1. The van der Waals surface area contributed by atoms with Crippen LogP contribution in [0, 0.1) is 2.88 Å². The van der Waals surface area contributed by atoms with Crippen LogP contribution >= 0.6 is 33.9 Å². The van der Waals surface area contributed by atoms with Crippen LogP contribution in [0.15, 0.2) is 35.7 Å². The number of amides is 1. The van der Waals surface area contributed by atoms with E-state index >= 15 is 0 Å². The van der Waals surface area contributed by atoms with Crippen molar-refractivity contribution in [3.8, 4) is 5.75 Å². The van der Waals surface area contributed by atoms with E-state index in [1.807, 2.05) is 35.7 Å². The van der Waals surface area contributed by atoms with Crippen molar-refractivity contribution in [3.05, 3.63) is 49.7 Å². The summed E-state index contributed by atoms with van der Waals surface area (Å²) in [5.74, 6) is 0.754. The lowest BCUT2D eigenvalue weighted by Crippen LogP contribution is -2.22. The predicted octanol–water partition coefficient (Wildman–Crippen LogP) is 3.29. The van der Waals surface area contributed by atoms with Crippen molar-refractivity contribution in [1.29, 1.82) is 0 Å². The number of methoxy groups -OCH3 is 1. The first-order chi connectivity index (χ1) is 8.69. The molecule has 0 saturated carbocycles. The van der Waals surface area contributed by atoms with Crippen LogP contribution in [0.25, 0.3) is 0 Å². The summed E-state index contributed by atoms with van der Waals surface area (Å²) >= 11 is 3.77. The SMILES string of the molecule is COc1cccc(CNC(=O)c2csc(I)c2)c1. The van der Waals surface area contributed by atoms with Crippen molar-refractivity contribution in [1.82, 2.24) is 5.32 Å². The van der Waals surface area contributed by atoms with Gasteiger partial charge >= 0.3 is 0 Å². The third kappa shape index (κ3) is 3.46. The van der Waals surface area contributed by atoms with Crippen LogP contribution < -0.4 is 10.1 Å². The molecular weight excluding hydrogens is 361 g/mol. The average molecular weight is 373 g/mol. The van der Waals surface area contributed by atoms with Gasteiger partial charge < -0.3 is 10.1 Å². The van der Waals surface area contributed by atoms with E-state index in [0.717, 1.165) is 14.2 Å². The zero-order valence-corrected chi connectivity index (χ0v) is 12.7. The molecule has 0 radical (unpaired) electrons. The van der Waals surface area contributed by atoms with E-state index in [9.17, 15) is 4.79 Å². The molecule has 1 heterocycles. The van der Waals surface area contributed by atoms with Gasteiger partial charge in [0, 0.05) is 11.9 Å². The Morgan fingerprint density at radius 3 is 2.94 bits per heavy atom. The predicted molar refractivity (Wildman–Crippen MR) is 81.2 cm³/mol. The number of nitrogens with one attached hydrogen (secondary N) is 1. The first kappa shape index (κ1) is 13.4. The number of thiophene rings is 1. The van der Waals surface area contributed by atoms with Crippen LogP contribution in [0.1, 0.15) is 15.9 Å². The molecule has 1 amide bonds. The van der Waals surface area contributed by atoms with Gasteiger partial charge in [-0.25, -0.2) is 0 Å². The van der Waals surface area contributed by atoms with Crippen molar-refractivity contribution in [2.75, 3.05) is 7.11 Å². The molecule has 0 spiro atoms. The van der Waals surface area contributed by atoms with E-state index in [-0.39, 0.29) is 5.91 Å². The summed E-state index contributed by atoms with van der Waals surface area (Å²) in [7, 11) is 1.63. The topological polar surface area (TPSA) is 38.3 Å². The Kier molecular flexibility index (Phi) is 4.60. The third-order valence-electron chi connectivity index (χ3n) is 2.42. The monoisotopic (exact) mass is 373 g/mol. The summed E-state index contributed by atoms with van der Waals surface area (Å²) in [6, 6.07) is 9.55. The number of carbonyl (C=O) groups excluding carboxylic acids is 1. The van der Waals surface area contributed by atoms with Gasteiger partial charge in [0.25, 0.3) is 5.91 Å². The highest BCUT2D eigenvalue weighted by atomic mass is 127. The molecule has 1 N–H and O–H groups in total. The van der Waals surface area contributed by atoms with Crippen LogP contribution in [-0.2, 0) is 6.54 Å². The molecule has 0 atom stereocenters. The standard InChI is InChI=1S/C13H12INO2S/c1-17-11-4-2-3-9(5-11)7-15-13(16)10-6-12(14)18-8-10/h2-6,8H,7H2,1H3,(H,15,16). The minimum Gasteiger partial charge on any atom is -0.497 e. The lowest BCUT2D eigenvalue weighted by Gasteiger charge is -2.06. The third-order valence-corrected chi connectivity index (χ3v) is 4.21. The molecule has 0 fully saturated rings. The quantitative estimate of drug-likeness (QED) is 0.836. The second kappa shape index (κ2) is 6.19. The lowest BCUT2D eigenvalue weighted by molar-refractivity contribution is 0.0951. The van der Waals surface area contributed by atoms with E-state index in [1.54, 1.807) is 18.4 Å². The van der Waals surface area contributed by atoms with Gasteiger partial charge in [-0.2, -0.15) is 0 Å². The minimum absolute atomic E-state index is 0.0445. The maximum absolute atomic E-state index is 11.8. The van der Waals surface area contributed by atoms with Gasteiger partial charge in [-0.3, -0.25) is 4.79 Å². The van der Waals surface area contributed by atoms with Gasteiger partial charge in [-0.05, 0) is 46.4 Å². The highest BCUT2D eigenvalue weighted by Crippen LogP contribution is 2.17. The molecule has 18 heavy (non-hydrogen) atoms. The fourth-order valence-electron chi connectivity index (χ4n) is 1.50. The number of rotatable bonds is 4. The van der Waals surface area contributed by atoms with Crippen molar-refractivity contribution in [2.45, 2.75) is 6.54 Å². The Labute approximate surface area is 123 Å². The smallest absolute Gasteiger partial charge is 0.252 e. The maximum Gasteiger partial charge on any atom is 0.252 e. The Balaban J connectivity index is 1.97. The van der Waals surface area contributed by atoms with Crippen molar-refractivity contribution < 1.29 is 9.53 Å².